The van der Waals surface area contributed by atoms with Gasteiger partial charge >= 0.3 is 0 Å². The van der Waals surface area contributed by atoms with E-state index in [4.69, 9.17) is 4.74 Å². The molecule has 0 radical (unpaired) electrons. The summed E-state index contributed by atoms with van der Waals surface area (Å²) >= 11 is 0. The minimum atomic E-state index is -0.563. The van der Waals surface area contributed by atoms with Crippen LogP contribution in [0.2, 0.25) is 0 Å². The van der Waals surface area contributed by atoms with Crippen LogP contribution in [0.15, 0.2) is 29.3 Å². The third-order valence-electron chi connectivity index (χ3n) is 2.64. The molecule has 0 unspecified atom stereocenters. The van der Waals surface area contributed by atoms with Crippen molar-refractivity contribution in [3.8, 4) is 0 Å². The average molecular weight is 280 g/mol. The van der Waals surface area contributed by atoms with Crippen LogP contribution in [0.3, 0.4) is 0 Å². The number of aliphatic imine (C=N–C) groups is 1. The lowest BCUT2D eigenvalue weighted by atomic mass is 10.2. The number of unbranched alkanes of at least 4 members (excludes halogenated alkanes) is 2. The fourth-order valence-corrected chi connectivity index (χ4v) is 1.61. The second kappa shape index (κ2) is 9.07. The highest BCUT2D eigenvalue weighted by atomic mass is 19.1. The molecule has 1 aromatic carbocycles. The van der Waals surface area contributed by atoms with Crippen molar-refractivity contribution in [3.63, 3.8) is 0 Å². The largest absolute Gasteiger partial charge is 0.465 e. The molecule has 0 aromatic heterocycles. The second-order valence-corrected chi connectivity index (χ2v) is 4.26. The number of carbonyl (C=O) groups is 1. The summed E-state index contributed by atoms with van der Waals surface area (Å²) in [4.78, 5) is 16.1. The normalized spacial score (nSPS) is 11.2. The number of benzene rings is 1. The summed E-state index contributed by atoms with van der Waals surface area (Å²) in [6.07, 6.45) is 3.11. The maximum atomic E-state index is 13.5. The zero-order chi connectivity index (χ0) is 14.8. The molecule has 0 aliphatic heterocycles. The molecule has 0 saturated heterocycles. The van der Waals surface area contributed by atoms with E-state index in [2.05, 4.69) is 17.2 Å². The molecule has 0 aliphatic carbocycles. The van der Waals surface area contributed by atoms with E-state index >= 15 is 0 Å². The number of ether oxygens (including phenoxy) is 1. The maximum Gasteiger partial charge on any atom is 0.291 e. The minimum absolute atomic E-state index is 0.0199. The number of hydrogen-bond donors (Lipinski definition) is 1. The van der Waals surface area contributed by atoms with E-state index in [0.717, 1.165) is 19.3 Å². The minimum Gasteiger partial charge on any atom is -0.465 e. The number of amidine groups is 1. The van der Waals surface area contributed by atoms with Crippen LogP contribution in [0, 0.1) is 5.82 Å². The van der Waals surface area contributed by atoms with Gasteiger partial charge in [0.25, 0.3) is 11.9 Å². The summed E-state index contributed by atoms with van der Waals surface area (Å²) in [6, 6.07) is 5.96. The Kier molecular flexibility index (Phi) is 7.32. The zero-order valence-electron chi connectivity index (χ0n) is 12.0. The van der Waals surface area contributed by atoms with Gasteiger partial charge in [0.05, 0.1) is 12.2 Å². The van der Waals surface area contributed by atoms with Gasteiger partial charge in [-0.3, -0.25) is 10.1 Å². The van der Waals surface area contributed by atoms with Gasteiger partial charge in [-0.15, -0.1) is 0 Å². The summed E-state index contributed by atoms with van der Waals surface area (Å²) < 4.78 is 18.7. The van der Waals surface area contributed by atoms with Crippen LogP contribution in [0.1, 0.15) is 43.5 Å². The predicted molar refractivity (Wildman–Crippen MR) is 77.3 cm³/mol. The molecule has 4 nitrogen and oxygen atoms in total. The van der Waals surface area contributed by atoms with Crippen LogP contribution >= 0.6 is 0 Å². The first-order valence-corrected chi connectivity index (χ1v) is 6.92. The summed E-state index contributed by atoms with van der Waals surface area (Å²) in [5.74, 6) is -1.11. The summed E-state index contributed by atoms with van der Waals surface area (Å²) in [5, 5.41) is 2.50. The first-order chi connectivity index (χ1) is 9.69. The Labute approximate surface area is 119 Å². The fourth-order valence-electron chi connectivity index (χ4n) is 1.61. The van der Waals surface area contributed by atoms with Crippen molar-refractivity contribution < 1.29 is 13.9 Å². The molecule has 0 bridgehead atoms. The number of nitrogens with zero attached hydrogens (tertiary/aromatic N) is 1. The van der Waals surface area contributed by atoms with Crippen molar-refractivity contribution in [2.24, 2.45) is 4.99 Å². The highest BCUT2D eigenvalue weighted by Gasteiger charge is 2.13. The van der Waals surface area contributed by atoms with Crippen LogP contribution in [-0.2, 0) is 4.74 Å². The second-order valence-electron chi connectivity index (χ2n) is 4.26. The molecular weight excluding hydrogens is 259 g/mol. The van der Waals surface area contributed by atoms with Crippen molar-refractivity contribution >= 4 is 11.9 Å². The van der Waals surface area contributed by atoms with Crippen LogP contribution in [-0.4, -0.2) is 25.1 Å². The molecule has 1 amide bonds. The lowest BCUT2D eigenvalue weighted by Gasteiger charge is -2.09. The van der Waals surface area contributed by atoms with Gasteiger partial charge < -0.3 is 4.74 Å². The van der Waals surface area contributed by atoms with E-state index in [0.29, 0.717) is 13.2 Å². The lowest BCUT2D eigenvalue weighted by Crippen LogP contribution is -2.33. The van der Waals surface area contributed by atoms with E-state index in [1.54, 1.807) is 13.0 Å². The molecule has 0 atom stereocenters. The first-order valence-electron chi connectivity index (χ1n) is 6.92. The molecule has 0 aliphatic rings. The Hall–Kier alpha value is -1.91. The molecule has 0 spiro atoms. The van der Waals surface area contributed by atoms with Gasteiger partial charge in [-0.05, 0) is 25.5 Å². The molecule has 0 saturated carbocycles. The third-order valence-corrected chi connectivity index (χ3v) is 2.64. The number of rotatable bonds is 6. The SMILES string of the molecule is CCCCCN=C(NC(=O)c1ccccc1F)OCC. The number of carbonyl (C=O) groups excluding carboxylic acids is 1. The summed E-state index contributed by atoms with van der Waals surface area (Å²) in [7, 11) is 0. The van der Waals surface area contributed by atoms with Crippen molar-refractivity contribution in [2.75, 3.05) is 13.2 Å². The lowest BCUT2D eigenvalue weighted by molar-refractivity contribution is 0.0962. The number of nitrogens with one attached hydrogen (secondary N) is 1. The molecule has 20 heavy (non-hydrogen) atoms. The average Bonchev–Trinajstić information content (AvgIpc) is 2.44. The molecular formula is C15H21FN2O2. The smallest absolute Gasteiger partial charge is 0.291 e. The predicted octanol–water partition coefficient (Wildman–Crippen LogP) is 3.14. The van der Waals surface area contributed by atoms with Crippen LogP contribution in [0.4, 0.5) is 4.39 Å². The van der Waals surface area contributed by atoms with Gasteiger partial charge in [0.2, 0.25) is 0 Å². The Bertz CT molecular complexity index is 461. The standard InChI is InChI=1S/C15H21FN2O2/c1-3-5-8-11-17-15(20-4-2)18-14(19)12-9-6-7-10-13(12)16/h6-7,9-10H,3-5,8,11H2,1-2H3,(H,17,18,19). The molecule has 1 N–H and O–H groups in total. The van der Waals surface area contributed by atoms with Crippen LogP contribution in [0.25, 0.3) is 0 Å². The number of amides is 1. The monoisotopic (exact) mass is 280 g/mol. The molecule has 5 heteroatoms. The van der Waals surface area contributed by atoms with Gasteiger partial charge in [-0.1, -0.05) is 31.9 Å². The highest BCUT2D eigenvalue weighted by Crippen LogP contribution is 2.06. The van der Waals surface area contributed by atoms with E-state index in [9.17, 15) is 9.18 Å². The van der Waals surface area contributed by atoms with Gasteiger partial charge in [-0.2, -0.15) is 0 Å². The zero-order valence-corrected chi connectivity index (χ0v) is 12.0. The van der Waals surface area contributed by atoms with E-state index in [1.807, 2.05) is 0 Å². The number of hydrogen-bond acceptors (Lipinski definition) is 3. The Balaban J connectivity index is 2.65. The van der Waals surface area contributed by atoms with E-state index in [1.165, 1.54) is 18.2 Å². The van der Waals surface area contributed by atoms with Crippen LogP contribution < -0.4 is 5.32 Å². The fraction of sp³-hybridized carbons (Fsp3) is 0.467. The maximum absolute atomic E-state index is 13.5. The summed E-state index contributed by atoms with van der Waals surface area (Å²) in [6.45, 7) is 4.88. The Morgan fingerprint density at radius 1 is 1.30 bits per heavy atom. The van der Waals surface area contributed by atoms with Crippen molar-refractivity contribution in [2.45, 2.75) is 33.1 Å². The Morgan fingerprint density at radius 2 is 2.05 bits per heavy atom. The molecule has 0 heterocycles. The summed E-state index contributed by atoms with van der Waals surface area (Å²) in [5.41, 5.74) is -0.0199. The molecule has 0 fully saturated rings. The quantitative estimate of drug-likeness (QED) is 0.494. The number of halogens is 1. The molecule has 1 rings (SSSR count). The van der Waals surface area contributed by atoms with Gasteiger partial charge in [0, 0.05) is 6.54 Å². The third kappa shape index (κ3) is 5.38. The van der Waals surface area contributed by atoms with Crippen LogP contribution in [0.5, 0.6) is 0 Å². The van der Waals surface area contributed by atoms with Gasteiger partial charge in [0.1, 0.15) is 5.82 Å². The molecule has 1 aromatic rings. The Morgan fingerprint density at radius 3 is 2.70 bits per heavy atom. The highest BCUT2D eigenvalue weighted by molar-refractivity contribution is 6.04. The topological polar surface area (TPSA) is 50.7 Å². The van der Waals surface area contributed by atoms with Crippen molar-refractivity contribution in [3.05, 3.63) is 35.6 Å². The van der Waals surface area contributed by atoms with Gasteiger partial charge in [-0.25, -0.2) is 9.38 Å². The van der Waals surface area contributed by atoms with E-state index < -0.39 is 11.7 Å². The van der Waals surface area contributed by atoms with Crippen molar-refractivity contribution in [1.29, 1.82) is 0 Å². The molecule has 110 valence electrons. The van der Waals surface area contributed by atoms with Gasteiger partial charge in [0.15, 0.2) is 0 Å². The van der Waals surface area contributed by atoms with Crippen molar-refractivity contribution in [1.82, 2.24) is 5.32 Å². The van der Waals surface area contributed by atoms with E-state index in [-0.39, 0.29) is 11.6 Å². The first kappa shape index (κ1) is 16.1.